The summed E-state index contributed by atoms with van der Waals surface area (Å²) in [5.41, 5.74) is 2.28. The van der Waals surface area contributed by atoms with Gasteiger partial charge in [0.2, 0.25) is 5.91 Å². The van der Waals surface area contributed by atoms with E-state index in [-0.39, 0.29) is 17.2 Å². The third-order valence-electron chi connectivity index (χ3n) is 3.33. The summed E-state index contributed by atoms with van der Waals surface area (Å²) in [5.74, 6) is -1.00. The number of carboxylic acid groups (broad SMARTS) is 1. The van der Waals surface area contributed by atoms with Crippen LogP contribution in [-0.2, 0) is 11.8 Å². The van der Waals surface area contributed by atoms with Gasteiger partial charge in [-0.1, -0.05) is 11.8 Å². The molecule has 0 atom stereocenters. The Labute approximate surface area is 141 Å². The highest BCUT2D eigenvalue weighted by atomic mass is 32.2. The fraction of sp³-hybridized carbons (Fsp3) is 0.125. The van der Waals surface area contributed by atoms with E-state index >= 15 is 0 Å². The van der Waals surface area contributed by atoms with Crippen molar-refractivity contribution in [3.63, 3.8) is 0 Å². The summed E-state index contributed by atoms with van der Waals surface area (Å²) in [5, 5.41) is 12.3. The Morgan fingerprint density at radius 2 is 2.00 bits per heavy atom. The molecule has 0 unspecified atom stereocenters. The van der Waals surface area contributed by atoms with Crippen LogP contribution in [-0.4, -0.2) is 37.3 Å². The van der Waals surface area contributed by atoms with Crippen LogP contribution >= 0.6 is 11.8 Å². The van der Waals surface area contributed by atoms with Gasteiger partial charge < -0.3 is 15.0 Å². The summed E-state index contributed by atoms with van der Waals surface area (Å²) < 4.78 is 1.84. The fourth-order valence-electron chi connectivity index (χ4n) is 2.16. The van der Waals surface area contributed by atoms with Gasteiger partial charge in [0.1, 0.15) is 5.52 Å². The Bertz CT molecular complexity index is 905. The minimum atomic E-state index is -1.00. The number of carboxylic acids is 1. The molecule has 1 amide bonds. The van der Waals surface area contributed by atoms with E-state index in [0.717, 1.165) is 11.2 Å². The second-order valence-electron chi connectivity index (χ2n) is 5.02. The van der Waals surface area contributed by atoms with Crippen molar-refractivity contribution in [3.8, 4) is 0 Å². The summed E-state index contributed by atoms with van der Waals surface area (Å²) in [4.78, 5) is 31.5. The molecule has 0 saturated heterocycles. The standard InChI is InChI=1S/C16H14N4O3S/c1-20-14-12(3-2-8-17-14)19-16(20)24-9-13(21)18-11-6-4-10(5-7-11)15(22)23/h2-8H,9H2,1H3,(H,18,21)(H,22,23). The van der Waals surface area contributed by atoms with Crippen LogP contribution in [0.4, 0.5) is 5.69 Å². The van der Waals surface area contributed by atoms with Gasteiger partial charge in [0.15, 0.2) is 10.8 Å². The van der Waals surface area contributed by atoms with Crippen LogP contribution in [0.3, 0.4) is 0 Å². The van der Waals surface area contributed by atoms with Crippen molar-refractivity contribution in [1.82, 2.24) is 14.5 Å². The molecule has 0 aliphatic heterocycles. The molecule has 24 heavy (non-hydrogen) atoms. The molecule has 122 valence electrons. The number of amides is 1. The Morgan fingerprint density at radius 3 is 2.67 bits per heavy atom. The zero-order valence-corrected chi connectivity index (χ0v) is 13.6. The molecule has 0 bridgehead atoms. The van der Waals surface area contributed by atoms with E-state index in [2.05, 4.69) is 15.3 Å². The number of thioether (sulfide) groups is 1. The van der Waals surface area contributed by atoms with Crippen molar-refractivity contribution < 1.29 is 14.7 Å². The van der Waals surface area contributed by atoms with E-state index in [4.69, 9.17) is 5.11 Å². The van der Waals surface area contributed by atoms with E-state index in [1.54, 1.807) is 18.3 Å². The van der Waals surface area contributed by atoms with Crippen molar-refractivity contribution in [2.24, 2.45) is 7.05 Å². The van der Waals surface area contributed by atoms with Crippen molar-refractivity contribution in [1.29, 1.82) is 0 Å². The van der Waals surface area contributed by atoms with Gasteiger partial charge in [0, 0.05) is 18.9 Å². The lowest BCUT2D eigenvalue weighted by molar-refractivity contribution is -0.113. The van der Waals surface area contributed by atoms with Crippen molar-refractivity contribution in [2.75, 3.05) is 11.1 Å². The normalized spacial score (nSPS) is 10.7. The highest BCUT2D eigenvalue weighted by molar-refractivity contribution is 7.99. The first-order chi connectivity index (χ1) is 11.5. The maximum absolute atomic E-state index is 12.0. The monoisotopic (exact) mass is 342 g/mol. The second-order valence-corrected chi connectivity index (χ2v) is 5.96. The minimum Gasteiger partial charge on any atom is -0.478 e. The number of anilines is 1. The number of rotatable bonds is 5. The first-order valence-electron chi connectivity index (χ1n) is 7.08. The molecule has 0 radical (unpaired) electrons. The maximum atomic E-state index is 12.0. The number of aromatic carboxylic acids is 1. The third kappa shape index (κ3) is 3.38. The van der Waals surface area contributed by atoms with Gasteiger partial charge in [-0.2, -0.15) is 0 Å². The van der Waals surface area contributed by atoms with Crippen LogP contribution < -0.4 is 5.32 Å². The minimum absolute atomic E-state index is 0.176. The molecule has 3 rings (SSSR count). The molecule has 7 nitrogen and oxygen atoms in total. The van der Waals surface area contributed by atoms with E-state index in [0.29, 0.717) is 10.8 Å². The lowest BCUT2D eigenvalue weighted by Crippen LogP contribution is -2.14. The van der Waals surface area contributed by atoms with Gasteiger partial charge in [-0.3, -0.25) is 4.79 Å². The zero-order valence-electron chi connectivity index (χ0n) is 12.8. The zero-order chi connectivity index (χ0) is 17.1. The van der Waals surface area contributed by atoms with Crippen LogP contribution in [0.2, 0.25) is 0 Å². The SMILES string of the molecule is Cn1c(SCC(=O)Nc2ccc(C(=O)O)cc2)nc2cccnc21. The predicted molar refractivity (Wildman–Crippen MR) is 91.3 cm³/mol. The number of aromatic nitrogens is 3. The van der Waals surface area contributed by atoms with Crippen LogP contribution in [0.15, 0.2) is 47.8 Å². The molecular weight excluding hydrogens is 328 g/mol. The first kappa shape index (κ1) is 16.0. The number of carbonyl (C=O) groups is 2. The van der Waals surface area contributed by atoms with Gasteiger partial charge in [0.25, 0.3) is 0 Å². The molecule has 3 aromatic rings. The Morgan fingerprint density at radius 1 is 1.25 bits per heavy atom. The van der Waals surface area contributed by atoms with Crippen LogP contribution in [0, 0.1) is 0 Å². The number of nitrogens with one attached hydrogen (secondary N) is 1. The number of pyridine rings is 1. The summed E-state index contributed by atoms with van der Waals surface area (Å²) in [6.07, 6.45) is 1.70. The molecule has 2 heterocycles. The molecule has 0 aliphatic rings. The highest BCUT2D eigenvalue weighted by Crippen LogP contribution is 2.21. The average molecular weight is 342 g/mol. The van der Waals surface area contributed by atoms with Crippen LogP contribution in [0.1, 0.15) is 10.4 Å². The molecule has 0 fully saturated rings. The Hall–Kier alpha value is -2.87. The summed E-state index contributed by atoms with van der Waals surface area (Å²) in [6.45, 7) is 0. The van der Waals surface area contributed by atoms with E-state index in [1.165, 1.54) is 23.9 Å². The lowest BCUT2D eigenvalue weighted by atomic mass is 10.2. The predicted octanol–water partition coefficient (Wildman–Crippen LogP) is 2.40. The number of hydrogen-bond donors (Lipinski definition) is 2. The van der Waals surface area contributed by atoms with Crippen LogP contribution in [0.5, 0.6) is 0 Å². The molecular formula is C16H14N4O3S. The van der Waals surface area contributed by atoms with Crippen LogP contribution in [0.25, 0.3) is 11.2 Å². The number of aryl methyl sites for hydroxylation is 1. The highest BCUT2D eigenvalue weighted by Gasteiger charge is 2.11. The van der Waals surface area contributed by atoms with Gasteiger partial charge >= 0.3 is 5.97 Å². The quantitative estimate of drug-likeness (QED) is 0.691. The van der Waals surface area contributed by atoms with Crippen molar-refractivity contribution in [3.05, 3.63) is 48.2 Å². The maximum Gasteiger partial charge on any atom is 0.335 e. The topological polar surface area (TPSA) is 97.1 Å². The number of imidazole rings is 1. The Balaban J connectivity index is 1.62. The third-order valence-corrected chi connectivity index (χ3v) is 4.36. The first-order valence-corrected chi connectivity index (χ1v) is 8.06. The number of hydrogen-bond acceptors (Lipinski definition) is 5. The lowest BCUT2D eigenvalue weighted by Gasteiger charge is -2.05. The molecule has 2 aromatic heterocycles. The van der Waals surface area contributed by atoms with Gasteiger partial charge in [-0.15, -0.1) is 0 Å². The largest absolute Gasteiger partial charge is 0.478 e. The number of fused-ring (bicyclic) bond motifs is 1. The average Bonchev–Trinajstić information content (AvgIpc) is 2.90. The van der Waals surface area contributed by atoms with Crippen molar-refractivity contribution >= 4 is 40.5 Å². The summed E-state index contributed by atoms with van der Waals surface area (Å²) >= 11 is 1.31. The molecule has 0 saturated carbocycles. The smallest absolute Gasteiger partial charge is 0.335 e. The number of nitrogens with zero attached hydrogens (tertiary/aromatic N) is 3. The summed E-state index contributed by atoms with van der Waals surface area (Å²) in [7, 11) is 1.85. The van der Waals surface area contributed by atoms with E-state index < -0.39 is 5.97 Å². The van der Waals surface area contributed by atoms with E-state index in [1.807, 2.05) is 23.7 Å². The molecule has 8 heteroatoms. The molecule has 2 N–H and O–H groups in total. The molecule has 0 aliphatic carbocycles. The molecule has 0 spiro atoms. The second kappa shape index (κ2) is 6.71. The van der Waals surface area contributed by atoms with Crippen molar-refractivity contribution in [2.45, 2.75) is 5.16 Å². The van der Waals surface area contributed by atoms with Gasteiger partial charge in [0.05, 0.1) is 11.3 Å². The fourth-order valence-corrected chi connectivity index (χ4v) is 2.93. The number of carbonyl (C=O) groups excluding carboxylic acids is 1. The van der Waals surface area contributed by atoms with E-state index in [9.17, 15) is 9.59 Å². The molecule has 1 aromatic carbocycles. The Kier molecular flexibility index (Phi) is 4.48. The summed E-state index contributed by atoms with van der Waals surface area (Å²) in [6, 6.07) is 9.70. The van der Waals surface area contributed by atoms with Gasteiger partial charge in [-0.05, 0) is 36.4 Å². The van der Waals surface area contributed by atoms with Gasteiger partial charge in [-0.25, -0.2) is 14.8 Å². The number of benzene rings is 1.